The molecule has 0 saturated carbocycles. The lowest BCUT2D eigenvalue weighted by Gasteiger charge is -2.18. The molecule has 2 saturated heterocycles. The van der Waals surface area contributed by atoms with Gasteiger partial charge in [0, 0.05) is 31.2 Å². The highest BCUT2D eigenvalue weighted by atomic mass is 19.4. The molecule has 2 atom stereocenters. The van der Waals surface area contributed by atoms with Gasteiger partial charge < -0.3 is 15.0 Å². The number of nitrogens with zero attached hydrogens (tertiary/aromatic N) is 1. The number of ether oxygens (including phenoxy) is 1. The number of hydrogen-bond acceptors (Lipinski definition) is 3. The fourth-order valence-electron chi connectivity index (χ4n) is 2.80. The van der Waals surface area contributed by atoms with Gasteiger partial charge in [0.25, 0.3) is 0 Å². The first-order chi connectivity index (χ1) is 9.44. The third-order valence-electron chi connectivity index (χ3n) is 3.72. The first-order valence-corrected chi connectivity index (χ1v) is 6.32. The molecule has 4 nitrogen and oxygen atoms in total. The van der Waals surface area contributed by atoms with E-state index in [9.17, 15) is 18.0 Å². The van der Waals surface area contributed by atoms with Crippen LogP contribution in [0.5, 0.6) is 5.75 Å². The molecule has 2 heterocycles. The summed E-state index contributed by atoms with van der Waals surface area (Å²) in [5.41, 5.74) is 0.610. The van der Waals surface area contributed by atoms with Crippen molar-refractivity contribution in [2.24, 2.45) is 11.8 Å². The molecule has 2 aliphatic rings. The van der Waals surface area contributed by atoms with Crippen molar-refractivity contribution in [1.82, 2.24) is 5.32 Å². The number of amides is 1. The summed E-state index contributed by atoms with van der Waals surface area (Å²) in [4.78, 5) is 13.8. The Morgan fingerprint density at radius 1 is 1.20 bits per heavy atom. The zero-order chi connectivity index (χ0) is 14.3. The zero-order valence-corrected chi connectivity index (χ0v) is 10.5. The predicted molar refractivity (Wildman–Crippen MR) is 65.3 cm³/mol. The van der Waals surface area contributed by atoms with Crippen molar-refractivity contribution >= 4 is 11.6 Å². The van der Waals surface area contributed by atoms with E-state index in [0.29, 0.717) is 18.8 Å². The number of benzene rings is 1. The summed E-state index contributed by atoms with van der Waals surface area (Å²) in [5, 5.41) is 3.17. The molecule has 2 fully saturated rings. The molecule has 20 heavy (non-hydrogen) atoms. The molecular weight excluding hydrogens is 273 g/mol. The van der Waals surface area contributed by atoms with Crippen molar-refractivity contribution in [1.29, 1.82) is 0 Å². The average Bonchev–Trinajstić information content (AvgIpc) is 2.92. The first kappa shape index (κ1) is 13.2. The lowest BCUT2D eigenvalue weighted by molar-refractivity contribution is -0.274. The SMILES string of the molecule is O=C1[C@@H]2CNC[C@@H]2CN1c1ccc(OC(F)(F)F)cc1. The minimum absolute atomic E-state index is 0.0129. The minimum atomic E-state index is -4.70. The number of halogens is 3. The molecule has 7 heteroatoms. The molecule has 0 bridgehead atoms. The number of rotatable bonds is 2. The number of carbonyl (C=O) groups excluding carboxylic acids is 1. The second kappa shape index (κ2) is 4.66. The standard InChI is InChI=1S/C13H13F3N2O2/c14-13(15,16)20-10-3-1-9(2-4-10)18-7-8-5-17-6-11(8)12(18)19/h1-4,8,11,17H,5-7H2/t8-,11-/m1/s1. The highest BCUT2D eigenvalue weighted by molar-refractivity contribution is 5.98. The van der Waals surface area contributed by atoms with Crippen LogP contribution in [0.2, 0.25) is 0 Å². The van der Waals surface area contributed by atoms with Crippen LogP contribution in [-0.2, 0) is 4.79 Å². The van der Waals surface area contributed by atoms with E-state index < -0.39 is 6.36 Å². The lowest BCUT2D eigenvalue weighted by Crippen LogP contribution is -2.30. The molecule has 1 aromatic rings. The van der Waals surface area contributed by atoms with Crippen molar-refractivity contribution in [3.05, 3.63) is 24.3 Å². The Kier molecular flexibility index (Phi) is 3.08. The van der Waals surface area contributed by atoms with Gasteiger partial charge in [0.05, 0.1) is 5.92 Å². The highest BCUT2D eigenvalue weighted by Crippen LogP contribution is 2.33. The Hall–Kier alpha value is -1.76. The van der Waals surface area contributed by atoms with E-state index in [1.807, 2.05) is 0 Å². The van der Waals surface area contributed by atoms with Crippen molar-refractivity contribution < 1.29 is 22.7 Å². The van der Waals surface area contributed by atoms with Gasteiger partial charge in [-0.1, -0.05) is 0 Å². The molecule has 0 aromatic heterocycles. The molecule has 0 aliphatic carbocycles. The van der Waals surface area contributed by atoms with Crippen LogP contribution in [0, 0.1) is 11.8 Å². The summed E-state index contributed by atoms with van der Waals surface area (Å²) < 4.78 is 40.0. The monoisotopic (exact) mass is 286 g/mol. The van der Waals surface area contributed by atoms with Gasteiger partial charge in [-0.05, 0) is 24.3 Å². The first-order valence-electron chi connectivity index (χ1n) is 6.32. The normalized spacial score (nSPS) is 25.9. The fourth-order valence-corrected chi connectivity index (χ4v) is 2.80. The number of nitrogens with one attached hydrogen (secondary N) is 1. The van der Waals surface area contributed by atoms with Gasteiger partial charge in [0.1, 0.15) is 5.75 Å². The quantitative estimate of drug-likeness (QED) is 0.901. The van der Waals surface area contributed by atoms with E-state index in [1.165, 1.54) is 24.3 Å². The molecule has 1 aromatic carbocycles. The zero-order valence-electron chi connectivity index (χ0n) is 10.5. The summed E-state index contributed by atoms with van der Waals surface area (Å²) in [6.07, 6.45) is -4.70. The van der Waals surface area contributed by atoms with Crippen molar-refractivity contribution in [3.63, 3.8) is 0 Å². The van der Waals surface area contributed by atoms with E-state index in [-0.39, 0.29) is 23.5 Å². The Morgan fingerprint density at radius 2 is 1.90 bits per heavy atom. The largest absolute Gasteiger partial charge is 0.573 e. The van der Waals surface area contributed by atoms with Crippen molar-refractivity contribution in [2.45, 2.75) is 6.36 Å². The number of anilines is 1. The maximum atomic E-state index is 12.2. The third-order valence-corrected chi connectivity index (χ3v) is 3.72. The van der Waals surface area contributed by atoms with Gasteiger partial charge in [0.15, 0.2) is 0 Å². The van der Waals surface area contributed by atoms with Crippen molar-refractivity contribution in [2.75, 3.05) is 24.5 Å². The number of fused-ring (bicyclic) bond motifs is 1. The second-order valence-corrected chi connectivity index (χ2v) is 5.02. The number of alkyl halides is 3. The van der Waals surface area contributed by atoms with Crippen LogP contribution in [0.3, 0.4) is 0 Å². The predicted octanol–water partition coefficient (Wildman–Crippen LogP) is 1.77. The Labute approximate surface area is 113 Å². The highest BCUT2D eigenvalue weighted by Gasteiger charge is 2.43. The van der Waals surface area contributed by atoms with Crippen LogP contribution in [0.25, 0.3) is 0 Å². The summed E-state index contributed by atoms with van der Waals surface area (Å²) in [6, 6.07) is 5.41. The van der Waals surface area contributed by atoms with Gasteiger partial charge in [-0.2, -0.15) is 0 Å². The van der Waals surface area contributed by atoms with E-state index in [2.05, 4.69) is 10.1 Å². The van der Waals surface area contributed by atoms with Gasteiger partial charge in [-0.25, -0.2) is 0 Å². The van der Waals surface area contributed by atoms with Gasteiger partial charge >= 0.3 is 6.36 Å². The van der Waals surface area contributed by atoms with E-state index in [1.54, 1.807) is 4.90 Å². The fraction of sp³-hybridized carbons (Fsp3) is 0.462. The lowest BCUT2D eigenvalue weighted by atomic mass is 10.0. The van der Waals surface area contributed by atoms with E-state index in [0.717, 1.165) is 6.54 Å². The van der Waals surface area contributed by atoms with Crippen LogP contribution < -0.4 is 15.0 Å². The molecule has 0 radical (unpaired) electrons. The number of carbonyl (C=O) groups is 1. The van der Waals surface area contributed by atoms with Crippen LogP contribution in [0.15, 0.2) is 24.3 Å². The Bertz CT molecular complexity index is 515. The molecule has 0 unspecified atom stereocenters. The Morgan fingerprint density at radius 3 is 2.50 bits per heavy atom. The van der Waals surface area contributed by atoms with E-state index in [4.69, 9.17) is 0 Å². The molecule has 1 N–H and O–H groups in total. The second-order valence-electron chi connectivity index (χ2n) is 5.02. The van der Waals surface area contributed by atoms with E-state index >= 15 is 0 Å². The molecule has 1 amide bonds. The van der Waals surface area contributed by atoms with Crippen molar-refractivity contribution in [3.8, 4) is 5.75 Å². The van der Waals surface area contributed by atoms with Crippen LogP contribution >= 0.6 is 0 Å². The van der Waals surface area contributed by atoms with Crippen LogP contribution in [-0.4, -0.2) is 31.9 Å². The molecule has 108 valence electrons. The topological polar surface area (TPSA) is 41.6 Å². The van der Waals surface area contributed by atoms with Gasteiger partial charge in [0.2, 0.25) is 5.91 Å². The smallest absolute Gasteiger partial charge is 0.406 e. The minimum Gasteiger partial charge on any atom is -0.406 e. The summed E-state index contributed by atoms with van der Waals surface area (Å²) in [6.45, 7) is 2.09. The van der Waals surface area contributed by atoms with Crippen LogP contribution in [0.4, 0.5) is 18.9 Å². The molecule has 3 rings (SSSR count). The molecule has 0 spiro atoms. The molecular formula is C13H13F3N2O2. The summed E-state index contributed by atoms with van der Waals surface area (Å²) >= 11 is 0. The number of hydrogen-bond donors (Lipinski definition) is 1. The average molecular weight is 286 g/mol. The van der Waals surface area contributed by atoms with Gasteiger partial charge in [-0.15, -0.1) is 13.2 Å². The van der Waals surface area contributed by atoms with Crippen LogP contribution in [0.1, 0.15) is 0 Å². The maximum absolute atomic E-state index is 12.2. The maximum Gasteiger partial charge on any atom is 0.573 e. The third kappa shape index (κ3) is 2.45. The van der Waals surface area contributed by atoms with Gasteiger partial charge in [-0.3, -0.25) is 4.79 Å². The summed E-state index contributed by atoms with van der Waals surface area (Å²) in [5.74, 6) is 0.0222. The summed E-state index contributed by atoms with van der Waals surface area (Å²) in [7, 11) is 0. The Balaban J connectivity index is 1.74. The molecule has 2 aliphatic heterocycles.